The molecule has 0 spiro atoms. The predicted molar refractivity (Wildman–Crippen MR) is 72.9 cm³/mol. The number of benzene rings is 1. The smallest absolute Gasteiger partial charge is 0.207 e. The van der Waals surface area contributed by atoms with Crippen LogP contribution in [0.15, 0.2) is 47.4 Å². The monoisotopic (exact) mass is 275 g/mol. The number of rotatable bonds is 2. The summed E-state index contributed by atoms with van der Waals surface area (Å²) in [4.78, 5) is 0.426. The first kappa shape index (κ1) is 11.7. The Kier molecular flexibility index (Phi) is 2.42. The van der Waals surface area contributed by atoms with Gasteiger partial charge in [-0.1, -0.05) is 30.4 Å². The second-order valence-electron chi connectivity index (χ2n) is 5.91. The van der Waals surface area contributed by atoms with E-state index in [1.165, 1.54) is 6.42 Å². The molecule has 2 fully saturated rings. The molecule has 0 amide bonds. The quantitative estimate of drug-likeness (QED) is 0.775. The first-order valence-corrected chi connectivity index (χ1v) is 8.34. The van der Waals surface area contributed by atoms with Gasteiger partial charge in [0.15, 0.2) is 0 Å². The lowest BCUT2D eigenvalue weighted by atomic mass is 9.86. The van der Waals surface area contributed by atoms with Gasteiger partial charge in [-0.2, -0.15) is 4.31 Å². The molecule has 1 aliphatic heterocycles. The Labute approximate surface area is 114 Å². The molecule has 100 valence electrons. The molecule has 2 bridgehead atoms. The zero-order valence-electron chi connectivity index (χ0n) is 10.6. The highest BCUT2D eigenvalue weighted by Crippen LogP contribution is 2.52. The highest BCUT2D eigenvalue weighted by atomic mass is 32.2. The maximum atomic E-state index is 12.6. The Morgan fingerprint density at radius 3 is 2.11 bits per heavy atom. The summed E-state index contributed by atoms with van der Waals surface area (Å²) in [6, 6.07) is 8.80. The van der Waals surface area contributed by atoms with Gasteiger partial charge in [0.1, 0.15) is 0 Å². The molecule has 1 aromatic carbocycles. The predicted octanol–water partition coefficient (Wildman–Crippen LogP) is 2.13. The minimum atomic E-state index is -3.29. The van der Waals surface area contributed by atoms with Gasteiger partial charge in [-0.25, -0.2) is 8.42 Å². The van der Waals surface area contributed by atoms with E-state index in [-0.39, 0.29) is 0 Å². The number of hydrogen-bond acceptors (Lipinski definition) is 2. The van der Waals surface area contributed by atoms with Crippen molar-refractivity contribution in [1.82, 2.24) is 4.31 Å². The van der Waals surface area contributed by atoms with Gasteiger partial charge in [0.2, 0.25) is 10.0 Å². The second kappa shape index (κ2) is 3.93. The van der Waals surface area contributed by atoms with Crippen molar-refractivity contribution in [2.75, 3.05) is 13.1 Å². The summed E-state index contributed by atoms with van der Waals surface area (Å²) in [7, 11) is -3.29. The molecular formula is C15H17NO2S. The van der Waals surface area contributed by atoms with Crippen molar-refractivity contribution in [2.24, 2.45) is 23.7 Å². The van der Waals surface area contributed by atoms with Crippen LogP contribution in [0.2, 0.25) is 0 Å². The summed E-state index contributed by atoms with van der Waals surface area (Å²) >= 11 is 0. The largest absolute Gasteiger partial charge is 0.243 e. The molecular weight excluding hydrogens is 258 g/mol. The van der Waals surface area contributed by atoms with Gasteiger partial charge >= 0.3 is 0 Å². The summed E-state index contributed by atoms with van der Waals surface area (Å²) in [5.74, 6) is 2.33. The first-order chi connectivity index (χ1) is 9.16. The molecule has 0 unspecified atom stereocenters. The molecule has 3 aliphatic rings. The van der Waals surface area contributed by atoms with Crippen molar-refractivity contribution < 1.29 is 8.42 Å². The molecule has 1 saturated carbocycles. The zero-order valence-corrected chi connectivity index (χ0v) is 11.5. The summed E-state index contributed by atoms with van der Waals surface area (Å²) in [5.41, 5.74) is 0. The minimum Gasteiger partial charge on any atom is -0.207 e. The summed E-state index contributed by atoms with van der Waals surface area (Å²) in [5, 5.41) is 0. The number of nitrogens with zero attached hydrogens (tertiary/aromatic N) is 1. The van der Waals surface area contributed by atoms with Crippen molar-refractivity contribution in [3.63, 3.8) is 0 Å². The molecule has 1 saturated heterocycles. The highest BCUT2D eigenvalue weighted by molar-refractivity contribution is 7.89. The number of allylic oxidation sites excluding steroid dienone is 2. The Bertz CT molecular complexity index is 603. The lowest BCUT2D eigenvalue weighted by Gasteiger charge is -2.18. The van der Waals surface area contributed by atoms with Crippen LogP contribution in [0.3, 0.4) is 0 Å². The van der Waals surface area contributed by atoms with Crippen LogP contribution in [0.4, 0.5) is 0 Å². The molecule has 3 nitrogen and oxygen atoms in total. The van der Waals surface area contributed by atoms with E-state index >= 15 is 0 Å². The summed E-state index contributed by atoms with van der Waals surface area (Å²) < 4.78 is 26.9. The molecule has 0 N–H and O–H groups in total. The van der Waals surface area contributed by atoms with Gasteiger partial charge in [0.05, 0.1) is 4.90 Å². The average molecular weight is 275 g/mol. The Morgan fingerprint density at radius 1 is 0.947 bits per heavy atom. The Hall–Kier alpha value is -1.13. The molecule has 4 heteroatoms. The van der Waals surface area contributed by atoms with Crippen LogP contribution in [-0.4, -0.2) is 25.8 Å². The third-order valence-electron chi connectivity index (χ3n) is 5.01. The first-order valence-electron chi connectivity index (χ1n) is 6.90. The number of fused-ring (bicyclic) bond motifs is 5. The van der Waals surface area contributed by atoms with Gasteiger partial charge < -0.3 is 0 Å². The Morgan fingerprint density at radius 2 is 1.53 bits per heavy atom. The van der Waals surface area contributed by atoms with E-state index in [1.807, 2.05) is 6.07 Å². The van der Waals surface area contributed by atoms with Crippen LogP contribution in [0, 0.1) is 23.7 Å². The van der Waals surface area contributed by atoms with Gasteiger partial charge in [-0.3, -0.25) is 0 Å². The minimum absolute atomic E-state index is 0.426. The lowest BCUT2D eigenvalue weighted by Crippen LogP contribution is -2.30. The molecule has 2 aliphatic carbocycles. The third-order valence-corrected chi connectivity index (χ3v) is 6.86. The summed E-state index contributed by atoms with van der Waals surface area (Å²) in [6.45, 7) is 1.40. The van der Waals surface area contributed by atoms with Gasteiger partial charge in [-0.05, 0) is 42.2 Å². The van der Waals surface area contributed by atoms with E-state index in [4.69, 9.17) is 0 Å². The fourth-order valence-corrected chi connectivity index (χ4v) is 5.59. The van der Waals surface area contributed by atoms with E-state index in [0.717, 1.165) is 0 Å². The van der Waals surface area contributed by atoms with Crippen LogP contribution >= 0.6 is 0 Å². The van der Waals surface area contributed by atoms with Gasteiger partial charge in [0, 0.05) is 13.1 Å². The van der Waals surface area contributed by atoms with Crippen molar-refractivity contribution in [2.45, 2.75) is 11.3 Å². The van der Waals surface area contributed by atoms with E-state index in [1.54, 1.807) is 28.6 Å². The third kappa shape index (κ3) is 1.63. The summed E-state index contributed by atoms with van der Waals surface area (Å²) in [6.07, 6.45) is 5.84. The molecule has 0 aromatic heterocycles. The van der Waals surface area contributed by atoms with Crippen LogP contribution in [0.1, 0.15) is 6.42 Å². The topological polar surface area (TPSA) is 37.4 Å². The fraction of sp³-hybridized carbons (Fsp3) is 0.467. The molecule has 1 aromatic rings. The Balaban J connectivity index is 1.63. The molecule has 19 heavy (non-hydrogen) atoms. The highest BCUT2D eigenvalue weighted by Gasteiger charge is 2.51. The van der Waals surface area contributed by atoms with E-state index < -0.39 is 10.0 Å². The number of sulfonamides is 1. The average Bonchev–Trinajstić information content (AvgIpc) is 3.12. The van der Waals surface area contributed by atoms with Crippen LogP contribution in [0.5, 0.6) is 0 Å². The molecule has 4 atom stereocenters. The van der Waals surface area contributed by atoms with E-state index in [2.05, 4.69) is 12.2 Å². The van der Waals surface area contributed by atoms with Crippen molar-refractivity contribution in [3.8, 4) is 0 Å². The van der Waals surface area contributed by atoms with Crippen molar-refractivity contribution in [3.05, 3.63) is 42.5 Å². The normalized spacial score (nSPS) is 36.8. The molecule has 4 rings (SSSR count). The maximum Gasteiger partial charge on any atom is 0.243 e. The fourth-order valence-electron chi connectivity index (χ4n) is 4.05. The van der Waals surface area contributed by atoms with Crippen LogP contribution in [0.25, 0.3) is 0 Å². The second-order valence-corrected chi connectivity index (χ2v) is 7.85. The van der Waals surface area contributed by atoms with E-state index in [0.29, 0.717) is 41.7 Å². The standard InChI is InChI=1S/C15H17NO2S/c17-19(18,13-4-2-1-3-5-13)16-9-14-11-6-7-12(8-11)15(14)10-16/h1-7,11-12,14-15H,8-10H2/t11-,12-,14-,15+/m0/s1. The van der Waals surface area contributed by atoms with Gasteiger partial charge in [-0.15, -0.1) is 0 Å². The maximum absolute atomic E-state index is 12.6. The number of hydrogen-bond donors (Lipinski definition) is 0. The zero-order chi connectivity index (χ0) is 13.0. The molecule has 0 radical (unpaired) electrons. The van der Waals surface area contributed by atoms with Crippen LogP contribution < -0.4 is 0 Å². The molecule has 1 heterocycles. The van der Waals surface area contributed by atoms with Crippen molar-refractivity contribution >= 4 is 10.0 Å². The van der Waals surface area contributed by atoms with Gasteiger partial charge in [0.25, 0.3) is 0 Å². The SMILES string of the molecule is O=S(=O)(c1ccccc1)N1C[C@@H]2[C@H](C1)[C@H]1C=C[C@H]2C1. The van der Waals surface area contributed by atoms with E-state index in [9.17, 15) is 8.42 Å². The van der Waals surface area contributed by atoms with Crippen LogP contribution in [-0.2, 0) is 10.0 Å². The van der Waals surface area contributed by atoms with Crippen molar-refractivity contribution in [1.29, 1.82) is 0 Å². The lowest BCUT2D eigenvalue weighted by molar-refractivity contribution is 0.395.